The maximum atomic E-state index is 13.7. The topological polar surface area (TPSA) is 84.9 Å². The van der Waals surface area contributed by atoms with E-state index in [1.54, 1.807) is 18.2 Å². The number of carboxylic acids is 1. The van der Waals surface area contributed by atoms with E-state index in [2.05, 4.69) is 5.32 Å². The van der Waals surface area contributed by atoms with E-state index in [4.69, 9.17) is 14.6 Å². The number of hydrogen-bond acceptors (Lipinski definition) is 4. The van der Waals surface area contributed by atoms with E-state index in [0.717, 1.165) is 18.2 Å². The molecule has 144 valence electrons. The van der Waals surface area contributed by atoms with Crippen LogP contribution in [0.4, 0.5) is 8.78 Å². The van der Waals surface area contributed by atoms with Crippen LogP contribution in [0.5, 0.6) is 11.5 Å². The van der Waals surface area contributed by atoms with E-state index in [1.165, 1.54) is 14.2 Å². The molecular weight excluding hydrogens is 360 g/mol. The van der Waals surface area contributed by atoms with E-state index in [-0.39, 0.29) is 5.56 Å². The molecule has 1 unspecified atom stereocenters. The van der Waals surface area contributed by atoms with Crippen molar-refractivity contribution in [3.63, 3.8) is 0 Å². The number of nitrogens with one attached hydrogen (secondary N) is 1. The molecule has 0 aliphatic rings. The molecule has 0 fully saturated rings. The highest BCUT2D eigenvalue weighted by atomic mass is 19.1. The second kappa shape index (κ2) is 8.98. The van der Waals surface area contributed by atoms with Gasteiger partial charge in [-0.25, -0.2) is 8.78 Å². The number of ether oxygens (including phenoxy) is 2. The molecule has 1 amide bonds. The van der Waals surface area contributed by atoms with Crippen molar-refractivity contribution in [1.82, 2.24) is 5.32 Å². The van der Waals surface area contributed by atoms with Crippen LogP contribution in [-0.4, -0.2) is 31.2 Å². The van der Waals surface area contributed by atoms with Gasteiger partial charge in [-0.2, -0.15) is 0 Å². The number of benzene rings is 2. The van der Waals surface area contributed by atoms with Crippen molar-refractivity contribution in [1.29, 1.82) is 0 Å². The van der Waals surface area contributed by atoms with Gasteiger partial charge in [-0.05, 0) is 30.3 Å². The number of methoxy groups -OCH3 is 2. The first-order chi connectivity index (χ1) is 12.8. The molecule has 2 aromatic carbocycles. The smallest absolute Gasteiger partial charge is 0.305 e. The summed E-state index contributed by atoms with van der Waals surface area (Å²) < 4.78 is 37.3. The Hall–Kier alpha value is -3.16. The standard InChI is InChI=1S/C19H19F2NO5/c1-26-13-4-5-14(17(9-13)27-2)16(10-19(24)25)22-18(23)8-11-7-12(20)3-6-15(11)21/h3-7,9,16H,8,10H2,1-2H3,(H,22,23)(H,24,25). The summed E-state index contributed by atoms with van der Waals surface area (Å²) in [5, 5.41) is 11.7. The number of hydrogen-bond donors (Lipinski definition) is 2. The van der Waals surface area contributed by atoms with Crippen LogP contribution in [-0.2, 0) is 16.0 Å². The third kappa shape index (κ3) is 5.40. The van der Waals surface area contributed by atoms with Crippen LogP contribution >= 0.6 is 0 Å². The minimum absolute atomic E-state index is 0.122. The van der Waals surface area contributed by atoms with Gasteiger partial charge in [0, 0.05) is 17.2 Å². The fraction of sp³-hybridized carbons (Fsp3) is 0.263. The van der Waals surface area contributed by atoms with Gasteiger partial charge in [0.05, 0.1) is 33.1 Å². The fourth-order valence-electron chi connectivity index (χ4n) is 2.62. The molecule has 0 saturated carbocycles. The molecule has 27 heavy (non-hydrogen) atoms. The average Bonchev–Trinajstić information content (AvgIpc) is 2.63. The highest BCUT2D eigenvalue weighted by Crippen LogP contribution is 2.31. The molecule has 0 saturated heterocycles. The first-order valence-electron chi connectivity index (χ1n) is 8.01. The Morgan fingerprint density at radius 2 is 1.85 bits per heavy atom. The lowest BCUT2D eigenvalue weighted by atomic mass is 10.0. The summed E-state index contributed by atoms with van der Waals surface area (Å²) in [6.07, 6.45) is -0.849. The van der Waals surface area contributed by atoms with Gasteiger partial charge in [0.25, 0.3) is 0 Å². The van der Waals surface area contributed by atoms with Crippen molar-refractivity contribution in [3.05, 3.63) is 59.2 Å². The molecule has 6 nitrogen and oxygen atoms in total. The summed E-state index contributed by atoms with van der Waals surface area (Å²) in [5.41, 5.74) is 0.303. The average molecular weight is 379 g/mol. The molecule has 0 heterocycles. The number of halogens is 2. The molecule has 1 atom stereocenters. The van der Waals surface area contributed by atoms with Crippen LogP contribution in [0.3, 0.4) is 0 Å². The number of carbonyl (C=O) groups excluding carboxylic acids is 1. The van der Waals surface area contributed by atoms with E-state index >= 15 is 0 Å². The lowest BCUT2D eigenvalue weighted by Crippen LogP contribution is -2.31. The maximum Gasteiger partial charge on any atom is 0.305 e. The normalized spacial score (nSPS) is 11.6. The van der Waals surface area contributed by atoms with E-state index in [0.29, 0.717) is 17.1 Å². The Labute approximate surface area is 154 Å². The van der Waals surface area contributed by atoms with Crippen LogP contribution in [0.15, 0.2) is 36.4 Å². The van der Waals surface area contributed by atoms with Gasteiger partial charge in [0.2, 0.25) is 5.91 Å². The zero-order valence-corrected chi connectivity index (χ0v) is 14.8. The Morgan fingerprint density at radius 3 is 2.48 bits per heavy atom. The number of carbonyl (C=O) groups is 2. The number of carboxylic acid groups (broad SMARTS) is 1. The highest BCUT2D eigenvalue weighted by Gasteiger charge is 2.22. The molecule has 2 aromatic rings. The minimum Gasteiger partial charge on any atom is -0.497 e. The zero-order valence-electron chi connectivity index (χ0n) is 14.8. The number of aliphatic carboxylic acids is 1. The predicted molar refractivity (Wildman–Crippen MR) is 92.7 cm³/mol. The summed E-state index contributed by atoms with van der Waals surface area (Å²) in [4.78, 5) is 23.5. The van der Waals surface area contributed by atoms with Crippen LogP contribution in [0.25, 0.3) is 0 Å². The molecule has 0 aliphatic heterocycles. The largest absolute Gasteiger partial charge is 0.497 e. The van der Waals surface area contributed by atoms with Gasteiger partial charge in [0.15, 0.2) is 0 Å². The third-order valence-corrected chi connectivity index (χ3v) is 3.89. The second-order valence-electron chi connectivity index (χ2n) is 5.74. The zero-order chi connectivity index (χ0) is 20.0. The predicted octanol–water partition coefficient (Wildman–Crippen LogP) is 2.86. The Kier molecular flexibility index (Phi) is 6.70. The van der Waals surface area contributed by atoms with Crippen LogP contribution < -0.4 is 14.8 Å². The minimum atomic E-state index is -1.14. The van der Waals surface area contributed by atoms with Gasteiger partial charge in [-0.1, -0.05) is 0 Å². The van der Waals surface area contributed by atoms with Crippen molar-refractivity contribution in [2.75, 3.05) is 14.2 Å². The Bertz CT molecular complexity index is 841. The molecule has 2 N–H and O–H groups in total. The third-order valence-electron chi connectivity index (χ3n) is 3.89. The molecule has 0 radical (unpaired) electrons. The van der Waals surface area contributed by atoms with Crippen molar-refractivity contribution in [3.8, 4) is 11.5 Å². The highest BCUT2D eigenvalue weighted by molar-refractivity contribution is 5.80. The summed E-state index contributed by atoms with van der Waals surface area (Å²) >= 11 is 0. The summed E-state index contributed by atoms with van der Waals surface area (Å²) in [5.74, 6) is -2.35. The van der Waals surface area contributed by atoms with E-state index in [9.17, 15) is 18.4 Å². The van der Waals surface area contributed by atoms with Gasteiger partial charge in [-0.15, -0.1) is 0 Å². The summed E-state index contributed by atoms with van der Waals surface area (Å²) in [6, 6.07) is 6.62. The van der Waals surface area contributed by atoms with Crippen LogP contribution in [0.2, 0.25) is 0 Å². The SMILES string of the molecule is COc1ccc(C(CC(=O)O)NC(=O)Cc2cc(F)ccc2F)c(OC)c1. The van der Waals surface area contributed by atoms with Crippen molar-refractivity contribution >= 4 is 11.9 Å². The summed E-state index contributed by atoms with van der Waals surface area (Å²) in [7, 11) is 2.87. The molecule has 2 rings (SSSR count). The van der Waals surface area contributed by atoms with Crippen molar-refractivity contribution in [2.24, 2.45) is 0 Å². The fourth-order valence-corrected chi connectivity index (χ4v) is 2.62. The molecule has 0 spiro atoms. The van der Waals surface area contributed by atoms with Crippen molar-refractivity contribution in [2.45, 2.75) is 18.9 Å². The lowest BCUT2D eigenvalue weighted by Gasteiger charge is -2.20. The van der Waals surface area contributed by atoms with Crippen LogP contribution in [0.1, 0.15) is 23.6 Å². The second-order valence-corrected chi connectivity index (χ2v) is 5.74. The monoisotopic (exact) mass is 379 g/mol. The van der Waals surface area contributed by atoms with Gasteiger partial charge in [0.1, 0.15) is 23.1 Å². The van der Waals surface area contributed by atoms with Gasteiger partial charge in [-0.3, -0.25) is 9.59 Å². The molecule has 0 aliphatic carbocycles. The first-order valence-corrected chi connectivity index (χ1v) is 8.01. The maximum absolute atomic E-state index is 13.7. The van der Waals surface area contributed by atoms with Gasteiger partial charge < -0.3 is 19.9 Å². The van der Waals surface area contributed by atoms with Crippen LogP contribution in [0, 0.1) is 11.6 Å². The quantitative estimate of drug-likeness (QED) is 0.737. The Balaban J connectivity index is 2.25. The lowest BCUT2D eigenvalue weighted by molar-refractivity contribution is -0.137. The van der Waals surface area contributed by atoms with Gasteiger partial charge >= 0.3 is 5.97 Å². The Morgan fingerprint density at radius 1 is 1.11 bits per heavy atom. The molecule has 0 aromatic heterocycles. The molecule has 8 heteroatoms. The van der Waals surface area contributed by atoms with E-state index < -0.39 is 42.4 Å². The number of amides is 1. The summed E-state index contributed by atoms with van der Waals surface area (Å²) in [6.45, 7) is 0. The molecule has 0 bridgehead atoms. The first kappa shape index (κ1) is 20.2. The van der Waals surface area contributed by atoms with Crippen molar-refractivity contribution < 1.29 is 33.0 Å². The molecular formula is C19H19F2NO5. The van der Waals surface area contributed by atoms with E-state index in [1.807, 2.05) is 0 Å². The number of rotatable bonds is 8.